The van der Waals surface area contributed by atoms with Crippen molar-refractivity contribution in [3.05, 3.63) is 59.4 Å². The van der Waals surface area contributed by atoms with Gasteiger partial charge >= 0.3 is 0 Å². The van der Waals surface area contributed by atoms with Crippen molar-refractivity contribution in [2.24, 2.45) is 0 Å². The van der Waals surface area contributed by atoms with Gasteiger partial charge in [0.1, 0.15) is 11.4 Å². The van der Waals surface area contributed by atoms with Crippen molar-refractivity contribution >= 4 is 17.6 Å². The highest BCUT2D eigenvalue weighted by molar-refractivity contribution is 6.09. The predicted molar refractivity (Wildman–Crippen MR) is 103 cm³/mol. The largest absolute Gasteiger partial charge is 0.497 e. The van der Waals surface area contributed by atoms with Crippen LogP contribution in [-0.4, -0.2) is 54.2 Å². The molecule has 1 N–H and O–H groups in total. The van der Waals surface area contributed by atoms with Crippen LogP contribution in [0.5, 0.6) is 5.75 Å². The summed E-state index contributed by atoms with van der Waals surface area (Å²) in [5.41, 5.74) is 0.985. The van der Waals surface area contributed by atoms with Gasteiger partial charge in [0, 0.05) is 43.4 Å². The molecular weight excluding hydrogens is 358 g/mol. The molecule has 1 aromatic carbocycles. The van der Waals surface area contributed by atoms with Crippen LogP contribution >= 0.6 is 0 Å². The van der Waals surface area contributed by atoms with Crippen molar-refractivity contribution in [2.45, 2.75) is 19.3 Å². The van der Waals surface area contributed by atoms with E-state index in [1.165, 1.54) is 7.11 Å². The summed E-state index contributed by atoms with van der Waals surface area (Å²) in [7, 11) is 1.49. The zero-order valence-corrected chi connectivity index (χ0v) is 15.8. The van der Waals surface area contributed by atoms with Gasteiger partial charge in [0.2, 0.25) is 11.7 Å². The minimum absolute atomic E-state index is 0.178. The number of ketones is 1. The molecule has 0 atom stereocenters. The van der Waals surface area contributed by atoms with E-state index in [0.717, 1.165) is 13.0 Å². The normalized spacial score (nSPS) is 13.5. The minimum atomic E-state index is -0.290. The molecule has 1 saturated heterocycles. The molecule has 0 saturated carbocycles. The topological polar surface area (TPSA) is 88.6 Å². The molecule has 0 unspecified atom stereocenters. The van der Waals surface area contributed by atoms with E-state index in [2.05, 4.69) is 10.3 Å². The second kappa shape index (κ2) is 9.12. The van der Waals surface area contributed by atoms with E-state index >= 15 is 0 Å². The Hall–Kier alpha value is -3.22. The van der Waals surface area contributed by atoms with Crippen LogP contribution in [0.2, 0.25) is 0 Å². The van der Waals surface area contributed by atoms with Crippen molar-refractivity contribution in [1.82, 2.24) is 15.2 Å². The van der Waals surface area contributed by atoms with E-state index in [1.54, 1.807) is 42.6 Å². The number of nitrogens with one attached hydrogen (secondary N) is 1. The number of hydrogen-bond acceptors (Lipinski definition) is 5. The highest BCUT2D eigenvalue weighted by Crippen LogP contribution is 2.19. The molecule has 7 heteroatoms. The molecule has 2 aromatic rings. The number of likely N-dealkylation sites (tertiary alicyclic amines) is 1. The summed E-state index contributed by atoms with van der Waals surface area (Å²) >= 11 is 0. The van der Waals surface area contributed by atoms with Gasteiger partial charge in [0.05, 0.1) is 7.11 Å². The van der Waals surface area contributed by atoms with Crippen LogP contribution in [0.15, 0.2) is 42.6 Å². The van der Waals surface area contributed by atoms with Crippen LogP contribution in [-0.2, 0) is 4.79 Å². The molecular formula is C21H23N3O4. The number of amides is 2. The average molecular weight is 381 g/mol. The summed E-state index contributed by atoms with van der Waals surface area (Å²) in [5.74, 6) is 0.0363. The van der Waals surface area contributed by atoms with Crippen molar-refractivity contribution in [1.29, 1.82) is 0 Å². The SMILES string of the molecule is COc1cc(C(=O)NCCCN2CCCC2=O)cc(C(=O)c2ccccn2)c1. The number of pyridine rings is 1. The number of hydrogen-bond donors (Lipinski definition) is 1. The molecule has 3 rings (SSSR count). The fourth-order valence-electron chi connectivity index (χ4n) is 3.14. The Balaban J connectivity index is 1.64. The number of methoxy groups -OCH3 is 1. The maximum Gasteiger partial charge on any atom is 0.251 e. The Kier molecular flexibility index (Phi) is 6.37. The molecule has 28 heavy (non-hydrogen) atoms. The van der Waals surface area contributed by atoms with Gasteiger partial charge in [-0.15, -0.1) is 0 Å². The van der Waals surface area contributed by atoms with Crippen LogP contribution in [0.25, 0.3) is 0 Å². The standard InChI is InChI=1S/C21H23N3O4/c1-28-17-13-15(20(26)18-6-2-3-8-22-18)12-16(14-17)21(27)23-9-5-11-24-10-4-7-19(24)25/h2-3,6,8,12-14H,4-5,7,9-11H2,1H3,(H,23,27). The van der Waals surface area contributed by atoms with Gasteiger partial charge in [-0.1, -0.05) is 6.07 Å². The summed E-state index contributed by atoms with van der Waals surface area (Å²) in [6.45, 7) is 1.88. The van der Waals surface area contributed by atoms with E-state index in [9.17, 15) is 14.4 Å². The molecule has 2 heterocycles. The Labute approximate surface area is 163 Å². The van der Waals surface area contributed by atoms with Gasteiger partial charge in [0.25, 0.3) is 5.91 Å². The predicted octanol–water partition coefficient (Wildman–Crippen LogP) is 2.06. The van der Waals surface area contributed by atoms with Gasteiger partial charge in [-0.25, -0.2) is 0 Å². The number of carbonyl (C=O) groups excluding carboxylic acids is 3. The smallest absolute Gasteiger partial charge is 0.251 e. The fraction of sp³-hybridized carbons (Fsp3) is 0.333. The number of rotatable bonds is 8. The number of nitrogens with zero attached hydrogens (tertiary/aromatic N) is 2. The maximum atomic E-state index is 12.6. The summed E-state index contributed by atoms with van der Waals surface area (Å²) < 4.78 is 5.24. The Morgan fingerprint density at radius 3 is 2.71 bits per heavy atom. The first-order valence-electron chi connectivity index (χ1n) is 9.29. The van der Waals surface area contributed by atoms with Crippen LogP contribution in [0.3, 0.4) is 0 Å². The monoisotopic (exact) mass is 381 g/mol. The molecule has 1 aliphatic rings. The lowest BCUT2D eigenvalue weighted by Crippen LogP contribution is -2.30. The van der Waals surface area contributed by atoms with E-state index in [1.807, 2.05) is 4.90 Å². The van der Waals surface area contributed by atoms with Gasteiger partial charge in [-0.05, 0) is 43.2 Å². The van der Waals surface area contributed by atoms with Crippen molar-refractivity contribution < 1.29 is 19.1 Å². The molecule has 7 nitrogen and oxygen atoms in total. The maximum absolute atomic E-state index is 12.6. The lowest BCUT2D eigenvalue weighted by Gasteiger charge is -2.15. The molecule has 0 spiro atoms. The van der Waals surface area contributed by atoms with Gasteiger partial charge in [-0.3, -0.25) is 19.4 Å². The summed E-state index contributed by atoms with van der Waals surface area (Å²) in [6.07, 6.45) is 3.75. The molecule has 1 fully saturated rings. The quantitative estimate of drug-likeness (QED) is 0.559. The van der Waals surface area contributed by atoms with Crippen molar-refractivity contribution in [3.63, 3.8) is 0 Å². The minimum Gasteiger partial charge on any atom is -0.497 e. The van der Waals surface area contributed by atoms with Gasteiger partial charge in [-0.2, -0.15) is 0 Å². The third-order valence-corrected chi connectivity index (χ3v) is 4.63. The average Bonchev–Trinajstić information content (AvgIpc) is 3.15. The first-order valence-corrected chi connectivity index (χ1v) is 9.29. The third kappa shape index (κ3) is 4.73. The summed E-state index contributed by atoms with van der Waals surface area (Å²) in [6, 6.07) is 9.82. The first-order chi connectivity index (χ1) is 13.6. The molecule has 1 aliphatic heterocycles. The van der Waals surface area contributed by atoms with Crippen molar-refractivity contribution in [2.75, 3.05) is 26.7 Å². The zero-order chi connectivity index (χ0) is 19.9. The molecule has 0 bridgehead atoms. The van der Waals surface area contributed by atoms with E-state index in [4.69, 9.17) is 4.74 Å². The molecule has 0 radical (unpaired) electrons. The first kappa shape index (κ1) is 19.5. The van der Waals surface area contributed by atoms with Crippen LogP contribution in [0.4, 0.5) is 0 Å². The zero-order valence-electron chi connectivity index (χ0n) is 15.8. The van der Waals surface area contributed by atoms with Gasteiger partial charge < -0.3 is 15.0 Å². The molecule has 1 aromatic heterocycles. The fourth-order valence-corrected chi connectivity index (χ4v) is 3.14. The highest BCUT2D eigenvalue weighted by atomic mass is 16.5. The molecule has 146 valence electrons. The van der Waals surface area contributed by atoms with Crippen molar-refractivity contribution in [3.8, 4) is 5.75 Å². The summed E-state index contributed by atoms with van der Waals surface area (Å²) in [4.78, 5) is 42.6. The van der Waals surface area contributed by atoms with Gasteiger partial charge in [0.15, 0.2) is 0 Å². The number of carbonyl (C=O) groups is 3. The van der Waals surface area contributed by atoms with Crippen LogP contribution in [0, 0.1) is 0 Å². The Bertz CT molecular complexity index is 867. The van der Waals surface area contributed by atoms with E-state index in [0.29, 0.717) is 48.5 Å². The Morgan fingerprint density at radius 1 is 1.21 bits per heavy atom. The second-order valence-corrected chi connectivity index (χ2v) is 6.59. The molecule has 0 aliphatic carbocycles. The molecule has 2 amide bonds. The van der Waals surface area contributed by atoms with Crippen LogP contribution < -0.4 is 10.1 Å². The third-order valence-electron chi connectivity index (χ3n) is 4.63. The number of aromatic nitrogens is 1. The van der Waals surface area contributed by atoms with Crippen LogP contribution in [0.1, 0.15) is 45.7 Å². The number of benzene rings is 1. The lowest BCUT2D eigenvalue weighted by atomic mass is 10.0. The Morgan fingerprint density at radius 2 is 2.04 bits per heavy atom. The summed E-state index contributed by atoms with van der Waals surface area (Å²) in [5, 5.41) is 2.84. The van der Waals surface area contributed by atoms with E-state index in [-0.39, 0.29) is 17.6 Å². The highest BCUT2D eigenvalue weighted by Gasteiger charge is 2.19. The number of ether oxygens (including phenoxy) is 1. The lowest BCUT2D eigenvalue weighted by molar-refractivity contribution is -0.127. The second-order valence-electron chi connectivity index (χ2n) is 6.59. The van der Waals surface area contributed by atoms with E-state index < -0.39 is 0 Å².